The summed E-state index contributed by atoms with van der Waals surface area (Å²) in [6.45, 7) is 11.0. The zero-order valence-electron chi connectivity index (χ0n) is 14.3. The number of unbranched alkanes of at least 4 members (excludes halogenated alkanes) is 1. The third kappa shape index (κ3) is 4.45. The summed E-state index contributed by atoms with van der Waals surface area (Å²) in [5.41, 5.74) is 0. The number of amides is 2. The van der Waals surface area contributed by atoms with E-state index in [1.165, 1.54) is 12.8 Å². The molecule has 1 N–H and O–H groups in total. The molecule has 21 heavy (non-hydrogen) atoms. The minimum Gasteiger partial charge on any atom is -0.342 e. The fraction of sp³-hybridized carbons (Fsp3) is 0.882. The first-order valence-corrected chi connectivity index (χ1v) is 8.56. The number of hydrogen-bond acceptors (Lipinski definition) is 2. The second-order valence-corrected chi connectivity index (χ2v) is 6.45. The number of hydrogen-bond donors (Lipinski definition) is 1. The van der Waals surface area contributed by atoms with Crippen LogP contribution in [0.3, 0.4) is 0 Å². The van der Waals surface area contributed by atoms with E-state index in [1.54, 1.807) is 0 Å². The minimum absolute atomic E-state index is 0.00903. The van der Waals surface area contributed by atoms with Gasteiger partial charge in [0.15, 0.2) is 0 Å². The maximum atomic E-state index is 12.7. The van der Waals surface area contributed by atoms with Crippen molar-refractivity contribution in [1.82, 2.24) is 10.2 Å². The summed E-state index contributed by atoms with van der Waals surface area (Å²) in [5.74, 6) is 0.781. The highest BCUT2D eigenvalue weighted by atomic mass is 16.2. The van der Waals surface area contributed by atoms with Gasteiger partial charge in [-0.2, -0.15) is 0 Å². The van der Waals surface area contributed by atoms with Gasteiger partial charge >= 0.3 is 0 Å². The van der Waals surface area contributed by atoms with Gasteiger partial charge in [0.1, 0.15) is 12.1 Å². The monoisotopic (exact) mass is 296 g/mol. The fourth-order valence-electron chi connectivity index (χ4n) is 2.91. The molecule has 1 aliphatic rings. The van der Waals surface area contributed by atoms with Gasteiger partial charge in [0.2, 0.25) is 11.8 Å². The first-order chi connectivity index (χ1) is 9.96. The number of nitrogens with one attached hydrogen (secondary N) is 1. The molecule has 4 atom stereocenters. The lowest BCUT2D eigenvalue weighted by atomic mass is 9.92. The predicted octanol–water partition coefficient (Wildman–Crippen LogP) is 2.96. The van der Waals surface area contributed by atoms with Gasteiger partial charge in [-0.05, 0) is 25.2 Å². The van der Waals surface area contributed by atoms with E-state index in [1.807, 2.05) is 18.7 Å². The molecule has 1 heterocycles. The molecule has 4 heteroatoms. The van der Waals surface area contributed by atoms with E-state index in [0.29, 0.717) is 5.92 Å². The lowest BCUT2D eigenvalue weighted by molar-refractivity contribution is -0.150. The van der Waals surface area contributed by atoms with E-state index in [-0.39, 0.29) is 29.8 Å². The zero-order valence-corrected chi connectivity index (χ0v) is 14.3. The summed E-state index contributed by atoms with van der Waals surface area (Å²) in [6, 6.07) is -0.684. The van der Waals surface area contributed by atoms with Crippen molar-refractivity contribution in [2.45, 2.75) is 78.8 Å². The van der Waals surface area contributed by atoms with Crippen molar-refractivity contribution in [3.63, 3.8) is 0 Å². The third-order valence-electron chi connectivity index (χ3n) is 4.91. The van der Waals surface area contributed by atoms with Crippen molar-refractivity contribution in [3.8, 4) is 0 Å². The summed E-state index contributed by atoms with van der Waals surface area (Å²) < 4.78 is 0. The van der Waals surface area contributed by atoms with Crippen LogP contribution in [0.1, 0.15) is 66.7 Å². The molecule has 4 unspecified atom stereocenters. The van der Waals surface area contributed by atoms with Crippen LogP contribution in [-0.2, 0) is 9.59 Å². The highest BCUT2D eigenvalue weighted by Crippen LogP contribution is 2.22. The van der Waals surface area contributed by atoms with Crippen LogP contribution in [0.25, 0.3) is 0 Å². The van der Waals surface area contributed by atoms with Crippen molar-refractivity contribution in [2.75, 3.05) is 6.54 Å². The molecule has 0 aromatic heterocycles. The molecule has 2 amide bonds. The Bertz CT molecular complexity index is 357. The summed E-state index contributed by atoms with van der Waals surface area (Å²) in [4.78, 5) is 26.7. The number of rotatable bonds is 8. The lowest BCUT2D eigenvalue weighted by Gasteiger charge is -2.40. The van der Waals surface area contributed by atoms with Crippen molar-refractivity contribution in [2.24, 2.45) is 11.8 Å². The van der Waals surface area contributed by atoms with Crippen LogP contribution in [0.2, 0.25) is 0 Å². The van der Waals surface area contributed by atoms with Crippen molar-refractivity contribution in [1.29, 1.82) is 0 Å². The zero-order chi connectivity index (χ0) is 16.0. The van der Waals surface area contributed by atoms with Crippen LogP contribution in [-0.4, -0.2) is 35.3 Å². The van der Waals surface area contributed by atoms with Gasteiger partial charge in [0.25, 0.3) is 0 Å². The summed E-state index contributed by atoms with van der Waals surface area (Å²) >= 11 is 0. The van der Waals surface area contributed by atoms with Gasteiger partial charge < -0.3 is 10.2 Å². The minimum atomic E-state index is -0.345. The van der Waals surface area contributed by atoms with Crippen LogP contribution >= 0.6 is 0 Å². The van der Waals surface area contributed by atoms with E-state index in [0.717, 1.165) is 25.8 Å². The van der Waals surface area contributed by atoms with Crippen LogP contribution < -0.4 is 5.32 Å². The Hall–Kier alpha value is -1.06. The van der Waals surface area contributed by atoms with Crippen LogP contribution in [0, 0.1) is 11.8 Å². The summed E-state index contributed by atoms with van der Waals surface area (Å²) in [5, 5.41) is 2.90. The standard InChI is InChI=1S/C17H32N2O2/c1-6-9-10-14(8-3)11-19-13(5)16(20)18-15(17(19)21)12(4)7-2/h12-15H,6-11H2,1-5H3,(H,18,20). The Kier molecular flexibility index (Phi) is 7.20. The maximum absolute atomic E-state index is 12.7. The molecule has 0 spiro atoms. The molecule has 0 saturated carbocycles. The SMILES string of the molecule is CCCCC(CC)CN1C(=O)C(C(C)CC)NC(=O)C1C. The summed E-state index contributed by atoms with van der Waals surface area (Å²) in [6.07, 6.45) is 5.46. The number of piperazine rings is 1. The second kappa shape index (κ2) is 8.40. The number of carbonyl (C=O) groups is 2. The molecule has 0 aromatic carbocycles. The number of carbonyl (C=O) groups excluding carboxylic acids is 2. The lowest BCUT2D eigenvalue weighted by Crippen LogP contribution is -2.64. The quantitative estimate of drug-likeness (QED) is 0.748. The maximum Gasteiger partial charge on any atom is 0.246 e. The smallest absolute Gasteiger partial charge is 0.246 e. The van der Waals surface area contributed by atoms with Gasteiger partial charge in [-0.1, -0.05) is 53.4 Å². The molecule has 122 valence electrons. The van der Waals surface area contributed by atoms with Gasteiger partial charge in [0, 0.05) is 6.54 Å². The van der Waals surface area contributed by atoms with E-state index < -0.39 is 0 Å². The third-order valence-corrected chi connectivity index (χ3v) is 4.91. The van der Waals surface area contributed by atoms with Gasteiger partial charge in [-0.15, -0.1) is 0 Å². The Morgan fingerprint density at radius 1 is 1.19 bits per heavy atom. The highest BCUT2D eigenvalue weighted by molar-refractivity contribution is 5.96. The van der Waals surface area contributed by atoms with E-state index >= 15 is 0 Å². The van der Waals surface area contributed by atoms with Gasteiger partial charge in [0.05, 0.1) is 0 Å². The average Bonchev–Trinajstić information content (AvgIpc) is 2.49. The molecule has 0 aromatic rings. The fourth-order valence-corrected chi connectivity index (χ4v) is 2.91. The Balaban J connectivity index is 2.80. The van der Waals surface area contributed by atoms with Crippen molar-refractivity contribution in [3.05, 3.63) is 0 Å². The largest absolute Gasteiger partial charge is 0.342 e. The van der Waals surface area contributed by atoms with Crippen molar-refractivity contribution < 1.29 is 9.59 Å². The van der Waals surface area contributed by atoms with Crippen LogP contribution in [0.4, 0.5) is 0 Å². The molecule has 0 radical (unpaired) electrons. The number of nitrogens with zero attached hydrogens (tertiary/aromatic N) is 1. The average molecular weight is 296 g/mol. The van der Waals surface area contributed by atoms with E-state index in [2.05, 4.69) is 26.1 Å². The van der Waals surface area contributed by atoms with Gasteiger partial charge in [-0.25, -0.2) is 0 Å². The Labute approximate surface area is 129 Å². The predicted molar refractivity (Wildman–Crippen MR) is 85.9 cm³/mol. The van der Waals surface area contributed by atoms with Gasteiger partial charge in [-0.3, -0.25) is 9.59 Å². The molecule has 1 saturated heterocycles. The Morgan fingerprint density at radius 3 is 2.38 bits per heavy atom. The van der Waals surface area contributed by atoms with Crippen LogP contribution in [0.15, 0.2) is 0 Å². The van der Waals surface area contributed by atoms with E-state index in [4.69, 9.17) is 0 Å². The molecule has 1 aliphatic heterocycles. The highest BCUT2D eigenvalue weighted by Gasteiger charge is 2.40. The molecular formula is C17H32N2O2. The second-order valence-electron chi connectivity index (χ2n) is 6.45. The molecule has 1 fully saturated rings. The Morgan fingerprint density at radius 2 is 1.86 bits per heavy atom. The molecular weight excluding hydrogens is 264 g/mol. The molecule has 0 aliphatic carbocycles. The first kappa shape index (κ1) is 18.0. The first-order valence-electron chi connectivity index (χ1n) is 8.56. The van der Waals surface area contributed by atoms with Crippen LogP contribution in [0.5, 0.6) is 0 Å². The molecule has 1 rings (SSSR count). The normalized spacial score (nSPS) is 25.7. The van der Waals surface area contributed by atoms with Crippen molar-refractivity contribution >= 4 is 11.8 Å². The molecule has 0 bridgehead atoms. The topological polar surface area (TPSA) is 49.4 Å². The molecule has 4 nitrogen and oxygen atoms in total. The van der Waals surface area contributed by atoms with E-state index in [9.17, 15) is 9.59 Å². The summed E-state index contributed by atoms with van der Waals surface area (Å²) in [7, 11) is 0.